The molecule has 2 rings (SSSR count). The number of carbonyl (C=O) groups excluding carboxylic acids is 1. The van der Waals surface area contributed by atoms with Crippen LogP contribution < -0.4 is 5.32 Å². The van der Waals surface area contributed by atoms with E-state index in [4.69, 9.17) is 4.74 Å². The molecule has 2 heterocycles. The minimum atomic E-state index is -0.169. The van der Waals surface area contributed by atoms with Crippen molar-refractivity contribution >= 4 is 5.97 Å². The summed E-state index contributed by atoms with van der Waals surface area (Å²) in [5.41, 5.74) is 2.64. The Kier molecular flexibility index (Phi) is 3.06. The van der Waals surface area contributed by atoms with Crippen molar-refractivity contribution < 1.29 is 9.53 Å². The summed E-state index contributed by atoms with van der Waals surface area (Å²) in [4.78, 5) is 11.3. The number of hydrogen-bond donors (Lipinski definition) is 1. The van der Waals surface area contributed by atoms with Gasteiger partial charge < -0.3 is 14.6 Å². The minimum Gasteiger partial charge on any atom is -0.465 e. The molecule has 15 heavy (non-hydrogen) atoms. The number of hydrogen-bond acceptors (Lipinski definition) is 3. The van der Waals surface area contributed by atoms with Crippen molar-refractivity contribution in [1.29, 1.82) is 0 Å². The first-order chi connectivity index (χ1) is 7.29. The number of carbonyl (C=O) groups is 1. The van der Waals surface area contributed by atoms with Crippen molar-refractivity contribution in [1.82, 2.24) is 9.88 Å². The summed E-state index contributed by atoms with van der Waals surface area (Å²) >= 11 is 0. The molecule has 1 aliphatic rings. The molecule has 0 aliphatic carbocycles. The van der Waals surface area contributed by atoms with E-state index in [2.05, 4.69) is 5.32 Å². The average Bonchev–Trinajstić information content (AvgIpc) is 2.59. The van der Waals surface area contributed by atoms with Crippen molar-refractivity contribution in [2.45, 2.75) is 26.4 Å². The highest BCUT2D eigenvalue weighted by Gasteiger charge is 2.12. The molecular weight excluding hydrogens is 192 g/mol. The van der Waals surface area contributed by atoms with Crippen LogP contribution in [0.1, 0.15) is 18.1 Å². The number of fused-ring (bicyclic) bond motifs is 1. The smallest absolute Gasteiger partial charge is 0.325 e. The maximum atomic E-state index is 11.3. The molecule has 4 nitrogen and oxygen atoms in total. The van der Waals surface area contributed by atoms with E-state index in [1.165, 1.54) is 11.1 Å². The standard InChI is InChI=1S/C11H16N2O2/c1-2-15-11(14)8-13-6-9-3-4-12-5-10(9)7-13/h6-7,12H,2-5,8H2,1H3. The van der Waals surface area contributed by atoms with Gasteiger partial charge in [0, 0.05) is 18.9 Å². The number of rotatable bonds is 3. The van der Waals surface area contributed by atoms with Crippen LogP contribution in [0.15, 0.2) is 12.4 Å². The molecular formula is C11H16N2O2. The van der Waals surface area contributed by atoms with Crippen molar-refractivity contribution in [2.24, 2.45) is 0 Å². The van der Waals surface area contributed by atoms with Gasteiger partial charge in [-0.25, -0.2) is 0 Å². The van der Waals surface area contributed by atoms with Gasteiger partial charge in [-0.1, -0.05) is 0 Å². The Morgan fingerprint density at radius 2 is 2.33 bits per heavy atom. The molecule has 1 aliphatic heterocycles. The van der Waals surface area contributed by atoms with Gasteiger partial charge in [0.1, 0.15) is 6.54 Å². The van der Waals surface area contributed by atoms with Gasteiger partial charge in [0.15, 0.2) is 0 Å². The zero-order chi connectivity index (χ0) is 10.7. The Balaban J connectivity index is 2.03. The highest BCUT2D eigenvalue weighted by Crippen LogP contribution is 2.14. The Morgan fingerprint density at radius 3 is 3.07 bits per heavy atom. The van der Waals surface area contributed by atoms with Crippen LogP contribution in [0.4, 0.5) is 0 Å². The van der Waals surface area contributed by atoms with Crippen LogP contribution in [0, 0.1) is 0 Å². The molecule has 0 spiro atoms. The molecule has 0 amide bonds. The first-order valence-electron chi connectivity index (χ1n) is 5.33. The molecule has 0 saturated heterocycles. The maximum absolute atomic E-state index is 11.3. The Morgan fingerprint density at radius 1 is 1.53 bits per heavy atom. The molecule has 0 unspecified atom stereocenters. The predicted octanol–water partition coefficient (Wildman–Crippen LogP) is 0.697. The lowest BCUT2D eigenvalue weighted by molar-refractivity contribution is -0.143. The van der Waals surface area contributed by atoms with E-state index < -0.39 is 0 Å². The summed E-state index contributed by atoms with van der Waals surface area (Å²) in [7, 11) is 0. The van der Waals surface area contributed by atoms with Crippen molar-refractivity contribution in [2.75, 3.05) is 13.2 Å². The molecule has 0 saturated carbocycles. The van der Waals surface area contributed by atoms with Gasteiger partial charge in [0.05, 0.1) is 6.61 Å². The lowest BCUT2D eigenvalue weighted by atomic mass is 10.1. The molecule has 0 aromatic carbocycles. The quantitative estimate of drug-likeness (QED) is 0.743. The van der Waals surface area contributed by atoms with Gasteiger partial charge in [-0.3, -0.25) is 4.79 Å². The number of nitrogens with one attached hydrogen (secondary N) is 1. The summed E-state index contributed by atoms with van der Waals surface area (Å²) in [5.74, 6) is -0.169. The lowest BCUT2D eigenvalue weighted by Gasteiger charge is -2.10. The molecule has 4 heteroatoms. The number of aromatic nitrogens is 1. The van der Waals surface area contributed by atoms with Crippen LogP contribution in [0.3, 0.4) is 0 Å². The van der Waals surface area contributed by atoms with E-state index >= 15 is 0 Å². The predicted molar refractivity (Wildman–Crippen MR) is 56.5 cm³/mol. The summed E-state index contributed by atoms with van der Waals surface area (Å²) < 4.78 is 6.81. The SMILES string of the molecule is CCOC(=O)Cn1cc2c(c1)CNCC2. The fraction of sp³-hybridized carbons (Fsp3) is 0.545. The molecule has 0 bridgehead atoms. The van der Waals surface area contributed by atoms with Crippen LogP contribution >= 0.6 is 0 Å². The maximum Gasteiger partial charge on any atom is 0.325 e. The van der Waals surface area contributed by atoms with E-state index in [-0.39, 0.29) is 5.97 Å². The monoisotopic (exact) mass is 208 g/mol. The first kappa shape index (κ1) is 10.2. The van der Waals surface area contributed by atoms with Gasteiger partial charge >= 0.3 is 5.97 Å². The topological polar surface area (TPSA) is 43.3 Å². The molecule has 0 radical (unpaired) electrons. The zero-order valence-electron chi connectivity index (χ0n) is 8.95. The summed E-state index contributed by atoms with van der Waals surface area (Å²) in [6.07, 6.45) is 5.12. The fourth-order valence-electron chi connectivity index (χ4n) is 1.88. The second kappa shape index (κ2) is 4.49. The van der Waals surface area contributed by atoms with E-state index in [1.54, 1.807) is 0 Å². The molecule has 1 aromatic heterocycles. The van der Waals surface area contributed by atoms with Gasteiger partial charge in [0.2, 0.25) is 0 Å². The first-order valence-corrected chi connectivity index (χ1v) is 5.33. The number of nitrogens with zero attached hydrogens (tertiary/aromatic N) is 1. The largest absolute Gasteiger partial charge is 0.465 e. The van der Waals surface area contributed by atoms with Gasteiger partial charge in [0.25, 0.3) is 0 Å². The van der Waals surface area contributed by atoms with E-state index in [0.29, 0.717) is 13.2 Å². The van der Waals surface area contributed by atoms with Gasteiger partial charge in [-0.2, -0.15) is 0 Å². The molecule has 1 N–H and O–H groups in total. The Bertz CT molecular complexity index is 334. The van der Waals surface area contributed by atoms with Crippen LogP contribution in [0.25, 0.3) is 0 Å². The number of esters is 1. The lowest BCUT2D eigenvalue weighted by Crippen LogP contribution is -2.22. The van der Waals surface area contributed by atoms with Gasteiger partial charge in [-0.05, 0) is 31.0 Å². The molecule has 0 fully saturated rings. The third-order valence-corrected chi connectivity index (χ3v) is 2.56. The molecule has 82 valence electrons. The second-order valence-corrected chi connectivity index (χ2v) is 3.71. The zero-order valence-corrected chi connectivity index (χ0v) is 8.95. The third kappa shape index (κ3) is 2.39. The normalized spacial score (nSPS) is 14.7. The van der Waals surface area contributed by atoms with Crippen LogP contribution in [-0.2, 0) is 29.0 Å². The van der Waals surface area contributed by atoms with Crippen molar-refractivity contribution in [3.63, 3.8) is 0 Å². The van der Waals surface area contributed by atoms with Crippen LogP contribution in [0.2, 0.25) is 0 Å². The highest BCUT2D eigenvalue weighted by molar-refractivity contribution is 5.69. The third-order valence-electron chi connectivity index (χ3n) is 2.56. The highest BCUT2D eigenvalue weighted by atomic mass is 16.5. The summed E-state index contributed by atoms with van der Waals surface area (Å²) in [5, 5.41) is 3.30. The molecule has 0 atom stereocenters. The van der Waals surface area contributed by atoms with E-state index in [9.17, 15) is 4.79 Å². The van der Waals surface area contributed by atoms with Crippen LogP contribution in [-0.4, -0.2) is 23.7 Å². The van der Waals surface area contributed by atoms with Crippen LogP contribution in [0.5, 0.6) is 0 Å². The Hall–Kier alpha value is -1.29. The minimum absolute atomic E-state index is 0.169. The summed E-state index contributed by atoms with van der Waals surface area (Å²) in [6.45, 7) is 4.52. The van der Waals surface area contributed by atoms with E-state index in [0.717, 1.165) is 19.5 Å². The fourth-order valence-corrected chi connectivity index (χ4v) is 1.88. The second-order valence-electron chi connectivity index (χ2n) is 3.71. The Labute approximate surface area is 89.2 Å². The van der Waals surface area contributed by atoms with Crippen molar-refractivity contribution in [3.8, 4) is 0 Å². The average molecular weight is 208 g/mol. The summed E-state index contributed by atoms with van der Waals surface area (Å²) in [6, 6.07) is 0. The number of ether oxygens (including phenoxy) is 1. The van der Waals surface area contributed by atoms with Crippen molar-refractivity contribution in [3.05, 3.63) is 23.5 Å². The van der Waals surface area contributed by atoms with Gasteiger partial charge in [-0.15, -0.1) is 0 Å². The van der Waals surface area contributed by atoms with E-state index in [1.807, 2.05) is 23.9 Å². The molecule has 1 aromatic rings.